The van der Waals surface area contributed by atoms with Crippen LogP contribution in [-0.2, 0) is 16.0 Å². The number of hydrogen-bond acceptors (Lipinski definition) is 2. The van der Waals surface area contributed by atoms with Gasteiger partial charge in [0.15, 0.2) is 0 Å². The van der Waals surface area contributed by atoms with Crippen molar-refractivity contribution >= 4 is 35.1 Å². The molecule has 2 rings (SSSR count). The lowest BCUT2D eigenvalue weighted by molar-refractivity contribution is -0.149. The number of hydrogen-bond donors (Lipinski definition) is 2. The molecule has 0 aromatic heterocycles. The van der Waals surface area contributed by atoms with Crippen LogP contribution in [0.4, 0.5) is 0 Å². The Morgan fingerprint density at radius 2 is 1.79 bits per heavy atom. The zero-order valence-corrected chi connectivity index (χ0v) is 15.5. The van der Waals surface area contributed by atoms with Gasteiger partial charge in [0.1, 0.15) is 5.54 Å². The highest BCUT2D eigenvalue weighted by atomic mass is 35.5. The van der Waals surface area contributed by atoms with Crippen LogP contribution in [0.25, 0.3) is 0 Å². The first-order valence-corrected chi connectivity index (χ1v) is 8.98. The Balaban J connectivity index is 2.09. The van der Waals surface area contributed by atoms with Crippen LogP contribution in [0.1, 0.15) is 45.1 Å². The minimum absolute atomic E-state index is 0.0266. The lowest BCUT2D eigenvalue weighted by Crippen LogP contribution is -2.57. The fourth-order valence-electron chi connectivity index (χ4n) is 3.36. The maximum atomic E-state index is 12.4. The Hall–Kier alpha value is -1.26. The Labute approximate surface area is 152 Å². The van der Waals surface area contributed by atoms with E-state index in [-0.39, 0.29) is 12.3 Å². The third kappa shape index (κ3) is 4.22. The third-order valence-electron chi connectivity index (χ3n) is 5.01. The van der Waals surface area contributed by atoms with Crippen molar-refractivity contribution in [3.05, 3.63) is 33.8 Å². The van der Waals surface area contributed by atoms with Crippen molar-refractivity contribution in [1.82, 2.24) is 5.32 Å². The number of carbonyl (C=O) groups is 2. The zero-order chi connectivity index (χ0) is 17.9. The van der Waals surface area contributed by atoms with Gasteiger partial charge in [0, 0.05) is 10.0 Å². The second kappa shape index (κ2) is 7.75. The summed E-state index contributed by atoms with van der Waals surface area (Å²) in [7, 11) is 0. The smallest absolute Gasteiger partial charge is 0.329 e. The Bertz CT molecular complexity index is 602. The first-order chi connectivity index (χ1) is 11.2. The standard InChI is InChI=1S/C18H23Cl2NO3/c1-11(2)12-6-8-18(9-7-12,17(23)24)21-16(22)10-13-14(19)4-3-5-15(13)20/h3-5,11-12H,6-10H2,1-2H3,(H,21,22)(H,23,24). The molecule has 1 saturated carbocycles. The van der Waals surface area contributed by atoms with E-state index in [0.717, 1.165) is 12.8 Å². The van der Waals surface area contributed by atoms with Crippen molar-refractivity contribution < 1.29 is 14.7 Å². The number of benzene rings is 1. The molecule has 132 valence electrons. The number of amides is 1. The number of carboxylic acid groups (broad SMARTS) is 1. The molecule has 0 aliphatic heterocycles. The van der Waals surface area contributed by atoms with E-state index < -0.39 is 11.5 Å². The van der Waals surface area contributed by atoms with E-state index in [1.54, 1.807) is 18.2 Å². The number of carbonyl (C=O) groups excluding carboxylic acids is 1. The van der Waals surface area contributed by atoms with Gasteiger partial charge < -0.3 is 10.4 Å². The van der Waals surface area contributed by atoms with E-state index in [0.29, 0.717) is 40.3 Å². The Morgan fingerprint density at radius 1 is 1.25 bits per heavy atom. The van der Waals surface area contributed by atoms with Crippen LogP contribution in [0.5, 0.6) is 0 Å². The first kappa shape index (κ1) is 19.1. The molecule has 0 saturated heterocycles. The summed E-state index contributed by atoms with van der Waals surface area (Å²) in [6, 6.07) is 5.03. The topological polar surface area (TPSA) is 66.4 Å². The summed E-state index contributed by atoms with van der Waals surface area (Å²) in [5.74, 6) is -0.305. The van der Waals surface area contributed by atoms with Crippen LogP contribution in [0.3, 0.4) is 0 Å². The van der Waals surface area contributed by atoms with Crippen LogP contribution < -0.4 is 5.32 Å². The van der Waals surface area contributed by atoms with E-state index >= 15 is 0 Å². The van der Waals surface area contributed by atoms with Gasteiger partial charge in [-0.15, -0.1) is 0 Å². The maximum absolute atomic E-state index is 12.4. The van der Waals surface area contributed by atoms with Crippen LogP contribution in [-0.4, -0.2) is 22.5 Å². The first-order valence-electron chi connectivity index (χ1n) is 8.22. The van der Waals surface area contributed by atoms with Gasteiger partial charge in [0.2, 0.25) is 5.91 Å². The average Bonchev–Trinajstić information content (AvgIpc) is 2.51. The molecule has 0 unspecified atom stereocenters. The minimum Gasteiger partial charge on any atom is -0.480 e. The summed E-state index contributed by atoms with van der Waals surface area (Å²) in [5.41, 5.74) is -0.661. The lowest BCUT2D eigenvalue weighted by atomic mass is 9.72. The molecular formula is C18H23Cl2NO3. The average molecular weight is 372 g/mol. The van der Waals surface area contributed by atoms with Gasteiger partial charge in [-0.05, 0) is 55.2 Å². The van der Waals surface area contributed by atoms with E-state index in [4.69, 9.17) is 23.2 Å². The van der Waals surface area contributed by atoms with Crippen molar-refractivity contribution in [2.24, 2.45) is 11.8 Å². The van der Waals surface area contributed by atoms with E-state index in [2.05, 4.69) is 19.2 Å². The summed E-state index contributed by atoms with van der Waals surface area (Å²) >= 11 is 12.2. The predicted octanol–water partition coefficient (Wildman–Crippen LogP) is 4.32. The molecule has 1 fully saturated rings. The van der Waals surface area contributed by atoms with Crippen molar-refractivity contribution in [2.75, 3.05) is 0 Å². The van der Waals surface area contributed by atoms with Gasteiger partial charge in [-0.1, -0.05) is 43.1 Å². The summed E-state index contributed by atoms with van der Waals surface area (Å²) < 4.78 is 0. The molecule has 1 aliphatic rings. The quantitative estimate of drug-likeness (QED) is 0.809. The van der Waals surface area contributed by atoms with Crippen LogP contribution in [0, 0.1) is 11.8 Å². The molecule has 1 aliphatic carbocycles. The molecule has 1 aromatic rings. The summed E-state index contributed by atoms with van der Waals surface area (Å²) in [5, 5.41) is 13.2. The van der Waals surface area contributed by atoms with Gasteiger partial charge in [-0.25, -0.2) is 4.79 Å². The van der Waals surface area contributed by atoms with Gasteiger partial charge in [0.05, 0.1) is 6.42 Å². The van der Waals surface area contributed by atoms with Crippen LogP contribution >= 0.6 is 23.2 Å². The number of halogens is 2. The summed E-state index contributed by atoms with van der Waals surface area (Å²) in [6.45, 7) is 4.30. The highest BCUT2D eigenvalue weighted by molar-refractivity contribution is 6.36. The van der Waals surface area contributed by atoms with Crippen LogP contribution in [0.2, 0.25) is 10.0 Å². The molecule has 1 aromatic carbocycles. The monoisotopic (exact) mass is 371 g/mol. The Morgan fingerprint density at radius 3 is 2.25 bits per heavy atom. The largest absolute Gasteiger partial charge is 0.480 e. The van der Waals surface area contributed by atoms with Crippen molar-refractivity contribution in [3.8, 4) is 0 Å². The number of rotatable bonds is 5. The van der Waals surface area contributed by atoms with E-state index in [1.165, 1.54) is 0 Å². The fraction of sp³-hybridized carbons (Fsp3) is 0.556. The van der Waals surface area contributed by atoms with Crippen molar-refractivity contribution in [3.63, 3.8) is 0 Å². The second-order valence-electron chi connectivity index (χ2n) is 6.89. The third-order valence-corrected chi connectivity index (χ3v) is 5.72. The number of nitrogens with one attached hydrogen (secondary N) is 1. The fourth-order valence-corrected chi connectivity index (χ4v) is 3.90. The molecule has 2 N–H and O–H groups in total. The molecule has 0 spiro atoms. The molecule has 0 atom stereocenters. The van der Waals surface area contributed by atoms with Gasteiger partial charge in [0.25, 0.3) is 0 Å². The minimum atomic E-state index is -1.18. The molecule has 4 nitrogen and oxygen atoms in total. The normalized spacial score (nSPS) is 24.0. The van der Waals surface area contributed by atoms with Crippen molar-refractivity contribution in [1.29, 1.82) is 0 Å². The summed E-state index contributed by atoms with van der Waals surface area (Å²) in [6.07, 6.45) is 2.48. The second-order valence-corrected chi connectivity index (χ2v) is 7.71. The van der Waals surface area contributed by atoms with Crippen molar-refractivity contribution in [2.45, 2.75) is 51.5 Å². The van der Waals surface area contributed by atoms with E-state index in [1.807, 2.05) is 0 Å². The molecule has 1 amide bonds. The van der Waals surface area contributed by atoms with E-state index in [9.17, 15) is 14.7 Å². The van der Waals surface area contributed by atoms with Gasteiger partial charge in [-0.2, -0.15) is 0 Å². The lowest BCUT2D eigenvalue weighted by Gasteiger charge is -2.38. The molecule has 24 heavy (non-hydrogen) atoms. The highest BCUT2D eigenvalue weighted by Gasteiger charge is 2.43. The highest BCUT2D eigenvalue weighted by Crippen LogP contribution is 2.36. The van der Waals surface area contributed by atoms with Gasteiger partial charge >= 0.3 is 5.97 Å². The van der Waals surface area contributed by atoms with Crippen LogP contribution in [0.15, 0.2) is 18.2 Å². The number of carboxylic acids is 1. The molecular weight excluding hydrogens is 349 g/mol. The predicted molar refractivity (Wildman–Crippen MR) is 95.5 cm³/mol. The number of aliphatic carboxylic acids is 1. The zero-order valence-electron chi connectivity index (χ0n) is 13.9. The molecule has 0 radical (unpaired) electrons. The molecule has 0 heterocycles. The molecule has 0 bridgehead atoms. The maximum Gasteiger partial charge on any atom is 0.329 e. The SMILES string of the molecule is CC(C)C1CCC(NC(=O)Cc2c(Cl)cccc2Cl)(C(=O)O)CC1. The van der Waals surface area contributed by atoms with Gasteiger partial charge in [-0.3, -0.25) is 4.79 Å². The Kier molecular flexibility index (Phi) is 6.16. The summed E-state index contributed by atoms with van der Waals surface area (Å²) in [4.78, 5) is 24.2. The molecule has 6 heteroatoms.